The van der Waals surface area contributed by atoms with E-state index >= 15 is 0 Å². The average molecular weight is 113 g/mol. The van der Waals surface area contributed by atoms with Gasteiger partial charge in [0, 0.05) is 0 Å². The van der Waals surface area contributed by atoms with Crippen molar-refractivity contribution < 1.29 is 14.8 Å². The molecule has 4 heteroatoms. The van der Waals surface area contributed by atoms with E-state index in [1.165, 1.54) is 0 Å². The largest absolute Gasteiger partial charge is 0.431 e. The van der Waals surface area contributed by atoms with E-state index in [9.17, 15) is 9.59 Å². The number of amides is 2. The Morgan fingerprint density at radius 3 is 1.75 bits per heavy atom. The minimum absolute atomic E-state index is 0.0556. The standard InChI is InChI=1S/C4H3NO3/c6-3-1-2-4(7)5(3)8/h1-2,8H/q+1. The van der Waals surface area contributed by atoms with Gasteiger partial charge in [0.2, 0.25) is 0 Å². The number of nitrogens with zero attached hydrogens (tertiary/aromatic N) is 1. The first kappa shape index (κ1) is 5.14. The lowest BCUT2D eigenvalue weighted by Crippen LogP contribution is -2.31. The van der Waals surface area contributed by atoms with Crippen molar-refractivity contribution in [1.29, 1.82) is 0 Å². The van der Waals surface area contributed by atoms with Gasteiger partial charge in [-0.15, -0.1) is 5.21 Å². The van der Waals surface area contributed by atoms with Gasteiger partial charge in [-0.1, -0.05) is 0 Å². The van der Waals surface area contributed by atoms with Crippen LogP contribution in [0.2, 0.25) is 0 Å². The Balaban J connectivity index is 2.84. The summed E-state index contributed by atoms with van der Waals surface area (Å²) in [5, 5.41) is 8.39. The van der Waals surface area contributed by atoms with Gasteiger partial charge in [0.05, 0.1) is 12.2 Å². The van der Waals surface area contributed by atoms with Crippen molar-refractivity contribution in [2.45, 2.75) is 0 Å². The first-order valence-electron chi connectivity index (χ1n) is 1.97. The van der Waals surface area contributed by atoms with Crippen LogP contribution in [0.1, 0.15) is 0 Å². The Hall–Kier alpha value is -1.00. The van der Waals surface area contributed by atoms with Gasteiger partial charge in [-0.2, -0.15) is 0 Å². The molecule has 0 fully saturated rings. The van der Waals surface area contributed by atoms with Crippen LogP contribution < -0.4 is 5.06 Å². The summed E-state index contributed by atoms with van der Waals surface area (Å²) in [5.74, 6) is -1.37. The van der Waals surface area contributed by atoms with Crippen molar-refractivity contribution in [3.63, 3.8) is 0 Å². The third-order valence-electron chi connectivity index (χ3n) is 0.786. The van der Waals surface area contributed by atoms with Gasteiger partial charge in [0.1, 0.15) is 5.06 Å². The number of rotatable bonds is 0. The molecule has 1 N–H and O–H groups in total. The lowest BCUT2D eigenvalue weighted by atomic mass is 10.6. The van der Waals surface area contributed by atoms with Gasteiger partial charge < -0.3 is 0 Å². The Bertz CT molecular complexity index is 154. The van der Waals surface area contributed by atoms with Gasteiger partial charge in [0.15, 0.2) is 0 Å². The van der Waals surface area contributed by atoms with Gasteiger partial charge in [-0.25, -0.2) is 9.59 Å². The topological polar surface area (TPSA) is 60.3 Å². The summed E-state index contributed by atoms with van der Waals surface area (Å²) in [6.45, 7) is 0. The molecule has 0 saturated heterocycles. The highest BCUT2D eigenvalue weighted by Crippen LogP contribution is 1.93. The van der Waals surface area contributed by atoms with Crippen molar-refractivity contribution in [2.75, 3.05) is 0 Å². The van der Waals surface area contributed by atoms with E-state index in [0.717, 1.165) is 12.2 Å². The summed E-state index contributed by atoms with van der Waals surface area (Å²) in [4.78, 5) is 20.3. The molecule has 1 rings (SSSR count). The number of hydroxylamine groups is 2. The molecule has 0 aliphatic carbocycles. The van der Waals surface area contributed by atoms with E-state index in [2.05, 4.69) is 0 Å². The Kier molecular flexibility index (Phi) is 0.964. The second-order valence-corrected chi connectivity index (χ2v) is 1.32. The number of imide groups is 1. The van der Waals surface area contributed by atoms with Crippen LogP contribution in [0.15, 0.2) is 12.2 Å². The fourth-order valence-corrected chi connectivity index (χ4v) is 0.392. The van der Waals surface area contributed by atoms with Crippen molar-refractivity contribution in [3.8, 4) is 0 Å². The summed E-state index contributed by atoms with van der Waals surface area (Å²) in [6, 6.07) is 0. The van der Waals surface area contributed by atoms with Crippen LogP contribution in [0.3, 0.4) is 0 Å². The highest BCUT2D eigenvalue weighted by Gasteiger charge is 2.36. The van der Waals surface area contributed by atoms with Gasteiger partial charge in [-0.05, 0) is 0 Å². The quantitative estimate of drug-likeness (QED) is 0.252. The molecule has 2 amide bonds. The van der Waals surface area contributed by atoms with Crippen molar-refractivity contribution in [3.05, 3.63) is 12.2 Å². The van der Waals surface area contributed by atoms with Crippen molar-refractivity contribution >= 4 is 11.8 Å². The van der Waals surface area contributed by atoms with E-state index in [-0.39, 0.29) is 5.06 Å². The third kappa shape index (κ3) is 0.556. The zero-order valence-corrected chi connectivity index (χ0v) is 3.87. The number of hydrogen-bond donors (Lipinski definition) is 1. The minimum atomic E-state index is -0.685. The first-order valence-corrected chi connectivity index (χ1v) is 1.97. The number of carbonyl (C=O) groups excluding carboxylic acids is 2. The average Bonchev–Trinajstić information content (AvgIpc) is 1.98. The minimum Gasteiger partial charge on any atom is -0.216 e. The Labute approximate surface area is 45.0 Å². The molecular formula is C4H3NO3+. The molecular weight excluding hydrogens is 110 g/mol. The SMILES string of the molecule is O=C1C=CC(=O)[N+]1O. The van der Waals surface area contributed by atoms with Gasteiger partial charge in [0.25, 0.3) is 0 Å². The van der Waals surface area contributed by atoms with Crippen LogP contribution in [-0.2, 0) is 9.59 Å². The predicted molar refractivity (Wildman–Crippen MR) is 23.1 cm³/mol. The molecule has 8 heavy (non-hydrogen) atoms. The van der Waals surface area contributed by atoms with Crippen LogP contribution in [0.4, 0.5) is 0 Å². The molecule has 1 heterocycles. The monoisotopic (exact) mass is 113 g/mol. The summed E-state index contributed by atoms with van der Waals surface area (Å²) < 4.78 is 0. The van der Waals surface area contributed by atoms with Crippen LogP contribution in [-0.4, -0.2) is 17.0 Å². The second-order valence-electron chi connectivity index (χ2n) is 1.32. The fraction of sp³-hybridized carbons (Fsp3) is 0. The molecule has 0 aromatic carbocycles. The number of hydrogen-bond acceptors (Lipinski definition) is 3. The summed E-state index contributed by atoms with van der Waals surface area (Å²) in [5.41, 5.74) is 0. The van der Waals surface area contributed by atoms with E-state index in [0.29, 0.717) is 0 Å². The van der Waals surface area contributed by atoms with Crippen molar-refractivity contribution in [2.24, 2.45) is 0 Å². The predicted octanol–water partition coefficient (Wildman–Crippen LogP) is -0.861. The molecule has 1 aliphatic rings. The molecule has 0 saturated carbocycles. The molecule has 0 unspecified atom stereocenters. The molecule has 1 aliphatic heterocycles. The molecule has 0 aromatic rings. The first-order chi connectivity index (χ1) is 3.72. The Morgan fingerprint density at radius 2 is 1.62 bits per heavy atom. The lowest BCUT2D eigenvalue weighted by molar-refractivity contribution is -0.149. The van der Waals surface area contributed by atoms with Crippen LogP contribution in [0.5, 0.6) is 0 Å². The zero-order valence-electron chi connectivity index (χ0n) is 3.87. The van der Waals surface area contributed by atoms with Gasteiger partial charge in [-0.3, -0.25) is 0 Å². The van der Waals surface area contributed by atoms with Crippen LogP contribution >= 0.6 is 0 Å². The zero-order chi connectivity index (χ0) is 6.15. The maximum Gasteiger partial charge on any atom is 0.431 e. The fourth-order valence-electron chi connectivity index (χ4n) is 0.392. The molecule has 0 aromatic heterocycles. The molecule has 4 nitrogen and oxygen atoms in total. The highest BCUT2D eigenvalue weighted by atomic mass is 16.5. The smallest absolute Gasteiger partial charge is 0.216 e. The van der Waals surface area contributed by atoms with Crippen LogP contribution in [0.25, 0.3) is 0 Å². The van der Waals surface area contributed by atoms with E-state index in [4.69, 9.17) is 5.21 Å². The molecule has 0 spiro atoms. The third-order valence-corrected chi connectivity index (χ3v) is 0.786. The molecule has 0 atom stereocenters. The van der Waals surface area contributed by atoms with E-state index in [1.807, 2.05) is 0 Å². The summed E-state index contributed by atoms with van der Waals surface area (Å²) in [6.07, 6.45) is 2.00. The molecule has 1 radical (unpaired) electrons. The lowest BCUT2D eigenvalue weighted by Gasteiger charge is -1.79. The highest BCUT2D eigenvalue weighted by molar-refractivity contribution is 6.14. The maximum atomic E-state index is 10.2. The molecule has 41 valence electrons. The second kappa shape index (κ2) is 1.50. The van der Waals surface area contributed by atoms with Gasteiger partial charge >= 0.3 is 11.8 Å². The summed E-state index contributed by atoms with van der Waals surface area (Å²) in [7, 11) is 0. The van der Waals surface area contributed by atoms with E-state index in [1.54, 1.807) is 0 Å². The van der Waals surface area contributed by atoms with E-state index < -0.39 is 11.8 Å². The maximum absolute atomic E-state index is 10.2. The normalized spacial score (nSPS) is 20.6. The van der Waals surface area contributed by atoms with Crippen LogP contribution in [0, 0.1) is 0 Å². The number of carbonyl (C=O) groups is 2. The Morgan fingerprint density at radius 1 is 1.25 bits per heavy atom. The molecule has 0 bridgehead atoms. The summed E-state index contributed by atoms with van der Waals surface area (Å²) >= 11 is 0. The van der Waals surface area contributed by atoms with Crippen molar-refractivity contribution in [1.82, 2.24) is 5.06 Å².